The van der Waals surface area contributed by atoms with Crippen LogP contribution in [0.4, 0.5) is 0 Å². The number of hydrogen-bond donors (Lipinski definition) is 0. The van der Waals surface area contributed by atoms with Crippen molar-refractivity contribution < 1.29 is 9.53 Å². The van der Waals surface area contributed by atoms with Crippen LogP contribution in [0.5, 0.6) is 5.75 Å². The van der Waals surface area contributed by atoms with E-state index in [0.717, 1.165) is 18.5 Å². The molecule has 2 heterocycles. The lowest BCUT2D eigenvalue weighted by Crippen LogP contribution is -2.46. The topological polar surface area (TPSA) is 54.8 Å². The van der Waals surface area contributed by atoms with Crippen LogP contribution in [-0.2, 0) is 13.1 Å². The molecule has 1 aliphatic heterocycles. The van der Waals surface area contributed by atoms with Crippen molar-refractivity contribution >= 4 is 5.91 Å². The molecular weight excluding hydrogens is 306 g/mol. The van der Waals surface area contributed by atoms with Crippen LogP contribution in [-0.4, -0.2) is 53.6 Å². The van der Waals surface area contributed by atoms with E-state index < -0.39 is 0 Å². The van der Waals surface area contributed by atoms with E-state index in [9.17, 15) is 9.59 Å². The van der Waals surface area contributed by atoms with Crippen LogP contribution in [0.3, 0.4) is 0 Å². The Morgan fingerprint density at radius 2 is 1.96 bits per heavy atom. The van der Waals surface area contributed by atoms with Crippen LogP contribution in [0.25, 0.3) is 0 Å². The van der Waals surface area contributed by atoms with Gasteiger partial charge in [-0.05, 0) is 34.4 Å². The van der Waals surface area contributed by atoms with Gasteiger partial charge < -0.3 is 19.1 Å². The van der Waals surface area contributed by atoms with E-state index in [0.29, 0.717) is 31.9 Å². The zero-order valence-electron chi connectivity index (χ0n) is 15.5. The number of hydrogen-bond acceptors (Lipinski definition) is 4. The van der Waals surface area contributed by atoms with Crippen molar-refractivity contribution in [2.75, 3.05) is 27.2 Å². The summed E-state index contributed by atoms with van der Waals surface area (Å²) in [6.07, 6.45) is 1.84. The maximum atomic E-state index is 13.0. The Labute approximate surface area is 144 Å². The van der Waals surface area contributed by atoms with Crippen LogP contribution >= 0.6 is 0 Å². The molecule has 0 spiro atoms. The van der Waals surface area contributed by atoms with Gasteiger partial charge in [0, 0.05) is 37.4 Å². The molecule has 1 aliphatic rings. The van der Waals surface area contributed by atoms with Crippen LogP contribution in [0.1, 0.15) is 49.8 Å². The molecule has 2 rings (SSSR count). The summed E-state index contributed by atoms with van der Waals surface area (Å²) in [7, 11) is 3.91. The Bertz CT molecular complexity index is 650. The third-order valence-corrected chi connectivity index (χ3v) is 4.23. The zero-order valence-corrected chi connectivity index (χ0v) is 15.5. The summed E-state index contributed by atoms with van der Waals surface area (Å²) in [4.78, 5) is 29.4. The fraction of sp³-hybridized carbons (Fsp3) is 0.667. The fourth-order valence-electron chi connectivity index (χ4n) is 3.00. The van der Waals surface area contributed by atoms with Gasteiger partial charge in [0.05, 0.1) is 6.61 Å². The number of rotatable bonds is 7. The minimum atomic E-state index is -0.201. The van der Waals surface area contributed by atoms with Crippen molar-refractivity contribution in [3.8, 4) is 5.75 Å². The molecule has 6 nitrogen and oxygen atoms in total. The molecule has 0 fully saturated rings. The molecule has 24 heavy (non-hydrogen) atoms. The van der Waals surface area contributed by atoms with Crippen LogP contribution in [0.2, 0.25) is 0 Å². The van der Waals surface area contributed by atoms with Gasteiger partial charge in [0.15, 0.2) is 11.4 Å². The maximum Gasteiger partial charge on any atom is 0.274 e. The number of carbonyl (C=O) groups excluding carboxylic acids is 1. The average Bonchev–Trinajstić information content (AvgIpc) is 2.49. The van der Waals surface area contributed by atoms with Gasteiger partial charge in [-0.1, -0.05) is 13.3 Å². The number of pyridine rings is 1. The number of nitrogens with zero attached hydrogens (tertiary/aromatic N) is 3. The second-order valence-electron chi connectivity index (χ2n) is 6.86. The monoisotopic (exact) mass is 335 g/mol. The predicted octanol–water partition coefficient (Wildman–Crippen LogP) is 1.95. The SMILES string of the molecule is CCCCOc1c2n(c(CN(C)C)cc1=O)CCN(C(C)C)C2=O. The molecule has 0 atom stereocenters. The summed E-state index contributed by atoms with van der Waals surface area (Å²) in [5.74, 6) is 0.0989. The first-order chi connectivity index (χ1) is 11.4. The van der Waals surface area contributed by atoms with E-state index in [1.54, 1.807) is 11.0 Å². The summed E-state index contributed by atoms with van der Waals surface area (Å²) in [5, 5.41) is 0. The lowest BCUT2D eigenvalue weighted by atomic mass is 10.1. The molecule has 6 heteroatoms. The van der Waals surface area contributed by atoms with Crippen LogP contribution in [0.15, 0.2) is 10.9 Å². The lowest BCUT2D eigenvalue weighted by molar-refractivity contribution is 0.0635. The summed E-state index contributed by atoms with van der Waals surface area (Å²) in [5.41, 5.74) is 1.07. The molecule has 0 unspecified atom stereocenters. The van der Waals surface area contributed by atoms with Crippen molar-refractivity contribution in [3.05, 3.63) is 27.7 Å². The van der Waals surface area contributed by atoms with Crippen molar-refractivity contribution in [2.24, 2.45) is 0 Å². The number of carbonyl (C=O) groups is 1. The van der Waals surface area contributed by atoms with Crippen molar-refractivity contribution in [2.45, 2.75) is 52.7 Å². The highest BCUT2D eigenvalue weighted by atomic mass is 16.5. The number of fused-ring (bicyclic) bond motifs is 1. The highest BCUT2D eigenvalue weighted by Gasteiger charge is 2.32. The van der Waals surface area contributed by atoms with Gasteiger partial charge in [-0.2, -0.15) is 0 Å². The van der Waals surface area contributed by atoms with Crippen molar-refractivity contribution in [1.82, 2.24) is 14.4 Å². The molecular formula is C18H29N3O3. The number of unbranched alkanes of at least 4 members (excludes halogenated alkanes) is 1. The smallest absolute Gasteiger partial charge is 0.274 e. The van der Waals surface area contributed by atoms with E-state index in [1.165, 1.54) is 0 Å². The summed E-state index contributed by atoms with van der Waals surface area (Å²) in [6.45, 7) is 8.47. The Balaban J connectivity index is 2.53. The van der Waals surface area contributed by atoms with Crippen LogP contribution < -0.4 is 10.2 Å². The quantitative estimate of drug-likeness (QED) is 0.715. The zero-order chi connectivity index (χ0) is 17.9. The number of ether oxygens (including phenoxy) is 1. The lowest BCUT2D eigenvalue weighted by Gasteiger charge is -2.35. The Morgan fingerprint density at radius 3 is 2.54 bits per heavy atom. The first-order valence-electron chi connectivity index (χ1n) is 8.72. The molecule has 0 saturated heterocycles. The average molecular weight is 335 g/mol. The minimum Gasteiger partial charge on any atom is -0.487 e. The Morgan fingerprint density at radius 1 is 1.25 bits per heavy atom. The van der Waals surface area contributed by atoms with Crippen molar-refractivity contribution in [3.63, 3.8) is 0 Å². The first-order valence-corrected chi connectivity index (χ1v) is 8.72. The third kappa shape index (κ3) is 3.80. The predicted molar refractivity (Wildman–Crippen MR) is 94.7 cm³/mol. The molecule has 0 N–H and O–H groups in total. The first kappa shape index (κ1) is 18.5. The van der Waals surface area contributed by atoms with Gasteiger partial charge in [-0.25, -0.2) is 0 Å². The van der Waals surface area contributed by atoms with E-state index in [-0.39, 0.29) is 23.1 Å². The largest absolute Gasteiger partial charge is 0.487 e. The van der Waals surface area contributed by atoms with E-state index >= 15 is 0 Å². The molecule has 0 radical (unpaired) electrons. The molecule has 0 saturated carbocycles. The molecule has 1 aromatic heterocycles. The van der Waals surface area contributed by atoms with E-state index in [4.69, 9.17) is 4.74 Å². The maximum absolute atomic E-state index is 13.0. The van der Waals surface area contributed by atoms with E-state index in [1.807, 2.05) is 37.4 Å². The highest BCUT2D eigenvalue weighted by Crippen LogP contribution is 2.24. The van der Waals surface area contributed by atoms with Gasteiger partial charge in [-0.3, -0.25) is 9.59 Å². The third-order valence-electron chi connectivity index (χ3n) is 4.23. The number of amides is 1. The Hall–Kier alpha value is -1.82. The van der Waals surface area contributed by atoms with E-state index in [2.05, 4.69) is 6.92 Å². The molecule has 1 aromatic rings. The molecule has 1 amide bonds. The molecule has 0 aromatic carbocycles. The summed E-state index contributed by atoms with van der Waals surface area (Å²) < 4.78 is 7.70. The van der Waals surface area contributed by atoms with Gasteiger partial charge >= 0.3 is 0 Å². The van der Waals surface area contributed by atoms with Crippen LogP contribution in [0, 0.1) is 0 Å². The van der Waals surface area contributed by atoms with Gasteiger partial charge in [0.1, 0.15) is 0 Å². The molecule has 0 aliphatic carbocycles. The summed E-state index contributed by atoms with van der Waals surface area (Å²) in [6, 6.07) is 1.71. The molecule has 0 bridgehead atoms. The van der Waals surface area contributed by atoms with Gasteiger partial charge in [-0.15, -0.1) is 0 Å². The number of aromatic nitrogens is 1. The minimum absolute atomic E-state index is 0.0994. The summed E-state index contributed by atoms with van der Waals surface area (Å²) >= 11 is 0. The Kier molecular flexibility index (Phi) is 6.04. The second-order valence-corrected chi connectivity index (χ2v) is 6.86. The molecule has 134 valence electrons. The van der Waals surface area contributed by atoms with Crippen molar-refractivity contribution in [1.29, 1.82) is 0 Å². The van der Waals surface area contributed by atoms with Gasteiger partial charge in [0.25, 0.3) is 5.91 Å². The van der Waals surface area contributed by atoms with Gasteiger partial charge in [0.2, 0.25) is 5.43 Å². The highest BCUT2D eigenvalue weighted by molar-refractivity contribution is 5.96. The second kappa shape index (κ2) is 7.83. The fourth-order valence-corrected chi connectivity index (χ4v) is 3.00. The normalized spacial score (nSPS) is 14.5. The standard InChI is InChI=1S/C18H29N3O3/c1-6-7-10-24-17-15(22)11-14(12-19(4)5)21-9-8-20(13(2)3)18(23)16(17)21/h11,13H,6-10,12H2,1-5H3.